The number of nitro groups is 1. The van der Waals surface area contributed by atoms with Crippen LogP contribution in [0.5, 0.6) is 0 Å². The predicted octanol–water partition coefficient (Wildman–Crippen LogP) is -2.64. The van der Waals surface area contributed by atoms with Crippen LogP contribution in [0.4, 0.5) is 5.95 Å². The van der Waals surface area contributed by atoms with E-state index in [1.54, 1.807) is 0 Å². The molecule has 2 aromatic rings. The van der Waals surface area contributed by atoms with Crippen LogP contribution in [0.2, 0.25) is 0 Å². The van der Waals surface area contributed by atoms with Crippen LogP contribution in [-0.4, -0.2) is 71.5 Å². The molecule has 0 radical (unpaired) electrons. The number of nitroso groups, excluding NO2 is 1. The third kappa shape index (κ3) is 2.49. The predicted molar refractivity (Wildman–Crippen MR) is 81.4 cm³/mol. The van der Waals surface area contributed by atoms with Gasteiger partial charge in [0, 0.05) is 11.7 Å². The number of rotatable bonds is 5. The van der Waals surface area contributed by atoms with Gasteiger partial charge < -0.3 is 20.1 Å². The summed E-state index contributed by atoms with van der Waals surface area (Å²) in [6.07, 6.45) is -4.24. The smallest absolute Gasteiger partial charge is 0.345 e. The lowest BCUT2D eigenvalue weighted by Gasteiger charge is -2.17. The number of ether oxygens (including phenoxy) is 1. The third-order valence-corrected chi connectivity index (χ3v) is 3.92. The van der Waals surface area contributed by atoms with Crippen LogP contribution >= 0.6 is 0 Å². The minimum Gasteiger partial charge on any atom is -0.394 e. The van der Waals surface area contributed by atoms with E-state index < -0.39 is 53.2 Å². The highest BCUT2D eigenvalue weighted by Gasteiger charge is 2.44. The van der Waals surface area contributed by atoms with Crippen LogP contribution in [0.25, 0.3) is 11.2 Å². The van der Waals surface area contributed by atoms with Gasteiger partial charge in [0.05, 0.1) is 18.2 Å². The Kier molecular flexibility index (Phi) is 4.36. The first kappa shape index (κ1) is 17.8. The van der Waals surface area contributed by atoms with Crippen molar-refractivity contribution in [2.75, 3.05) is 18.7 Å². The van der Waals surface area contributed by atoms with Crippen LogP contribution in [0.15, 0.2) is 16.4 Å². The average molecular weight is 371 g/mol. The maximum atomic E-state index is 12.3. The number of fused-ring (bicyclic) bond motifs is 1. The first-order chi connectivity index (χ1) is 12.3. The summed E-state index contributed by atoms with van der Waals surface area (Å²) < 4.78 is 6.38. The molecule has 15 heteroatoms. The highest BCUT2D eigenvalue weighted by molar-refractivity contribution is 5.71. The van der Waals surface area contributed by atoms with Crippen molar-refractivity contribution >= 4 is 17.1 Å². The first-order valence-electron chi connectivity index (χ1n) is 7.15. The van der Waals surface area contributed by atoms with Gasteiger partial charge in [-0.25, -0.2) is 15.1 Å². The fraction of sp³-hybridized carbons (Fsp3) is 0.545. The summed E-state index contributed by atoms with van der Waals surface area (Å²) >= 11 is 0. The number of aromatic nitrogens is 4. The Morgan fingerprint density at radius 1 is 1.46 bits per heavy atom. The van der Waals surface area contributed by atoms with Gasteiger partial charge in [0.15, 0.2) is 22.4 Å². The second kappa shape index (κ2) is 6.37. The molecule has 0 amide bonds. The molecule has 0 aliphatic carbocycles. The summed E-state index contributed by atoms with van der Waals surface area (Å²) in [6.45, 7) is -0.577. The van der Waals surface area contributed by atoms with Crippen molar-refractivity contribution in [2.45, 2.75) is 24.5 Å². The molecule has 3 rings (SSSR count). The van der Waals surface area contributed by atoms with Crippen LogP contribution in [0.3, 0.4) is 0 Å². The van der Waals surface area contributed by atoms with Gasteiger partial charge in [-0.1, -0.05) is 0 Å². The second-order valence-corrected chi connectivity index (χ2v) is 5.42. The zero-order chi connectivity index (χ0) is 19.2. The molecule has 0 saturated carbocycles. The van der Waals surface area contributed by atoms with Crippen molar-refractivity contribution in [1.29, 1.82) is 0 Å². The lowest BCUT2D eigenvalue weighted by atomic mass is 10.1. The molecule has 140 valence electrons. The van der Waals surface area contributed by atoms with E-state index in [2.05, 4.69) is 15.3 Å². The lowest BCUT2D eigenvalue weighted by molar-refractivity contribution is -0.543. The summed E-state index contributed by atoms with van der Waals surface area (Å²) in [5.74, 6) is -0.698. The summed E-state index contributed by atoms with van der Waals surface area (Å²) in [5.41, 5.74) is -1.85. The van der Waals surface area contributed by atoms with E-state index in [-0.39, 0.29) is 10.3 Å². The van der Waals surface area contributed by atoms with Crippen LogP contribution in [0.1, 0.15) is 6.23 Å². The van der Waals surface area contributed by atoms with Crippen LogP contribution < -0.4 is 10.6 Å². The maximum absolute atomic E-state index is 12.3. The molecule has 15 nitrogen and oxygen atoms in total. The summed E-state index contributed by atoms with van der Waals surface area (Å²) in [7, 11) is 1.05. The summed E-state index contributed by atoms with van der Waals surface area (Å²) in [4.78, 5) is 41.8. The van der Waals surface area contributed by atoms with E-state index in [0.29, 0.717) is 5.01 Å². The molecule has 0 aromatic carbocycles. The zero-order valence-electron chi connectivity index (χ0n) is 13.1. The Balaban J connectivity index is 2.22. The molecule has 1 aliphatic rings. The molecule has 26 heavy (non-hydrogen) atoms. The van der Waals surface area contributed by atoms with Crippen molar-refractivity contribution in [2.24, 2.45) is 5.29 Å². The van der Waals surface area contributed by atoms with Crippen molar-refractivity contribution < 1.29 is 25.1 Å². The van der Waals surface area contributed by atoms with E-state index in [4.69, 9.17) is 9.84 Å². The standard InChI is InChI=1S/C11H13N7O8/c1-15(14-23)11-13-8-5(9(22)17(11)18(24)25)12-3-16(8)10-7(21)6(20)4(2-19)26-10/h3-4,6-7,10,19-21H,2H2,1H3/t4-,6-,7-,10-/m1/s1. The molecule has 1 saturated heterocycles. The minimum atomic E-state index is -1.49. The van der Waals surface area contributed by atoms with E-state index in [1.165, 1.54) is 0 Å². The molecule has 0 bridgehead atoms. The van der Waals surface area contributed by atoms with Crippen molar-refractivity contribution in [3.63, 3.8) is 0 Å². The minimum absolute atomic E-state index is 0.00161. The van der Waals surface area contributed by atoms with Crippen molar-refractivity contribution in [3.8, 4) is 0 Å². The molecule has 4 atom stereocenters. The van der Waals surface area contributed by atoms with Gasteiger partial charge >= 0.3 is 5.56 Å². The monoisotopic (exact) mass is 371 g/mol. The Morgan fingerprint density at radius 2 is 2.15 bits per heavy atom. The number of hydrogen-bond acceptors (Lipinski definition) is 11. The number of aliphatic hydroxyl groups excluding tert-OH is 3. The number of imidazole rings is 1. The molecule has 0 unspecified atom stereocenters. The average Bonchev–Trinajstić information content (AvgIpc) is 3.15. The quantitative estimate of drug-likeness (QED) is 0.282. The molecule has 3 N–H and O–H groups in total. The Labute approximate surface area is 142 Å². The Hall–Kier alpha value is -3.01. The number of aliphatic hydroxyl groups is 3. The van der Waals surface area contributed by atoms with E-state index >= 15 is 0 Å². The van der Waals surface area contributed by atoms with Crippen LogP contribution in [-0.2, 0) is 4.74 Å². The number of anilines is 1. The Bertz CT molecular complexity index is 925. The van der Waals surface area contributed by atoms with Gasteiger partial charge in [0.2, 0.25) is 0 Å². The fourth-order valence-corrected chi connectivity index (χ4v) is 2.64. The summed E-state index contributed by atoms with van der Waals surface area (Å²) in [6, 6.07) is 0. The van der Waals surface area contributed by atoms with Gasteiger partial charge in [-0.2, -0.15) is 9.99 Å². The van der Waals surface area contributed by atoms with Gasteiger partial charge in [-0.05, 0) is 0 Å². The SMILES string of the molecule is CN(N=O)c1nc2c(ncn2[C@@H]2O[C@H](CO)[C@@H](O)[C@H]2O)c(=O)n1[N+](=O)[O-]. The van der Waals surface area contributed by atoms with Gasteiger partial charge in [0.1, 0.15) is 18.3 Å². The maximum Gasteiger partial charge on any atom is 0.345 e. The van der Waals surface area contributed by atoms with Crippen LogP contribution in [0, 0.1) is 15.0 Å². The third-order valence-electron chi connectivity index (χ3n) is 3.92. The lowest BCUT2D eigenvalue weighted by Crippen LogP contribution is -2.34. The highest BCUT2D eigenvalue weighted by Crippen LogP contribution is 2.31. The molecule has 3 heterocycles. The molecular weight excluding hydrogens is 358 g/mol. The molecule has 1 fully saturated rings. The highest BCUT2D eigenvalue weighted by atomic mass is 16.7. The largest absolute Gasteiger partial charge is 0.394 e. The number of hydrogen-bond donors (Lipinski definition) is 3. The second-order valence-electron chi connectivity index (χ2n) is 5.42. The first-order valence-corrected chi connectivity index (χ1v) is 7.15. The van der Waals surface area contributed by atoms with Gasteiger partial charge in [0.25, 0.3) is 5.95 Å². The molecule has 1 aliphatic heterocycles. The molecular formula is C11H13N7O8. The topological polar surface area (TPSA) is 198 Å². The van der Waals surface area contributed by atoms with E-state index in [1.807, 2.05) is 0 Å². The molecule has 2 aromatic heterocycles. The van der Waals surface area contributed by atoms with Crippen molar-refractivity contribution in [3.05, 3.63) is 31.7 Å². The van der Waals surface area contributed by atoms with E-state index in [9.17, 15) is 30.0 Å². The van der Waals surface area contributed by atoms with E-state index in [0.717, 1.165) is 17.9 Å². The zero-order valence-corrected chi connectivity index (χ0v) is 13.1. The van der Waals surface area contributed by atoms with Crippen molar-refractivity contribution in [1.82, 2.24) is 19.2 Å². The van der Waals surface area contributed by atoms with Gasteiger partial charge in [-0.15, -0.1) is 4.91 Å². The van der Waals surface area contributed by atoms with Gasteiger partial charge in [-0.3, -0.25) is 9.36 Å². The normalized spacial score (nSPS) is 25.5. The molecule has 0 spiro atoms. The number of nitrogens with zero attached hydrogens (tertiary/aromatic N) is 7. The Morgan fingerprint density at radius 3 is 2.69 bits per heavy atom. The fourth-order valence-electron chi connectivity index (χ4n) is 2.64. The summed E-state index contributed by atoms with van der Waals surface area (Å²) in [5, 5.41) is 42.1.